The fourth-order valence-corrected chi connectivity index (χ4v) is 2.76. The van der Waals surface area contributed by atoms with Gasteiger partial charge in [-0.15, -0.1) is 0 Å². The number of hydrogen-bond donors (Lipinski definition) is 3. The summed E-state index contributed by atoms with van der Waals surface area (Å²) < 4.78 is 10.6. The number of urea groups is 1. The molecule has 4 atom stereocenters. The summed E-state index contributed by atoms with van der Waals surface area (Å²) >= 11 is 0. The highest BCUT2D eigenvalue weighted by Gasteiger charge is 2.48. The number of imide groups is 1. The van der Waals surface area contributed by atoms with E-state index < -0.39 is 42.4 Å². The Kier molecular flexibility index (Phi) is 4.98. The Morgan fingerprint density at radius 3 is 2.64 bits per heavy atom. The lowest BCUT2D eigenvalue weighted by Gasteiger charge is -2.32. The van der Waals surface area contributed by atoms with Gasteiger partial charge >= 0.3 is 12.0 Å². The van der Waals surface area contributed by atoms with Crippen LogP contribution in [0.3, 0.4) is 0 Å². The summed E-state index contributed by atoms with van der Waals surface area (Å²) in [4.78, 5) is 36.1. The van der Waals surface area contributed by atoms with Crippen LogP contribution in [0.4, 0.5) is 4.79 Å². The minimum Gasteiger partial charge on any atom is -0.459 e. The van der Waals surface area contributed by atoms with Crippen molar-refractivity contribution in [2.45, 2.75) is 31.0 Å². The maximum absolute atomic E-state index is 11.9. The monoisotopic (exact) mass is 350 g/mol. The number of hydrogen-bond acceptors (Lipinski definition) is 7. The standard InChI is InChI=1S/C16H18N2O7/c19-11-6-7-18(16(23)17-11)14-13(21)12(20)10(25-14)8-24-15(22)9-4-2-1-3-5-9/h1-5,10,12-14,20-21H,6-8H2,(H,17,19,23)/t10-,12?,13?,14-/m0/s1. The number of nitrogens with zero attached hydrogens (tertiary/aromatic N) is 1. The number of rotatable bonds is 4. The van der Waals surface area contributed by atoms with Crippen LogP contribution in [0, 0.1) is 0 Å². The number of benzene rings is 1. The van der Waals surface area contributed by atoms with E-state index in [-0.39, 0.29) is 19.6 Å². The normalized spacial score (nSPS) is 29.4. The second-order valence-electron chi connectivity index (χ2n) is 5.81. The van der Waals surface area contributed by atoms with Crippen LogP contribution in [-0.4, -0.2) is 70.7 Å². The number of aliphatic hydroxyl groups is 2. The van der Waals surface area contributed by atoms with Gasteiger partial charge in [0.15, 0.2) is 6.23 Å². The lowest BCUT2D eigenvalue weighted by atomic mass is 10.1. The summed E-state index contributed by atoms with van der Waals surface area (Å²) in [5.74, 6) is -1.00. The predicted molar refractivity (Wildman–Crippen MR) is 82.3 cm³/mol. The van der Waals surface area contributed by atoms with Gasteiger partial charge in [-0.1, -0.05) is 18.2 Å². The summed E-state index contributed by atoms with van der Waals surface area (Å²) in [6, 6.07) is 7.61. The molecule has 3 amide bonds. The molecule has 2 aliphatic heterocycles. The first-order valence-corrected chi connectivity index (χ1v) is 7.81. The zero-order valence-corrected chi connectivity index (χ0v) is 13.2. The van der Waals surface area contributed by atoms with Crippen molar-refractivity contribution >= 4 is 17.9 Å². The average molecular weight is 350 g/mol. The molecule has 3 rings (SSSR count). The van der Waals surface area contributed by atoms with Crippen molar-refractivity contribution in [1.82, 2.24) is 10.2 Å². The van der Waals surface area contributed by atoms with Crippen LogP contribution in [0.5, 0.6) is 0 Å². The van der Waals surface area contributed by atoms with Crippen LogP contribution in [0.2, 0.25) is 0 Å². The van der Waals surface area contributed by atoms with Gasteiger partial charge in [-0.2, -0.15) is 0 Å². The number of esters is 1. The second-order valence-corrected chi connectivity index (χ2v) is 5.81. The number of nitrogens with one attached hydrogen (secondary N) is 1. The molecule has 0 bridgehead atoms. The summed E-state index contributed by atoms with van der Waals surface area (Å²) in [5, 5.41) is 22.3. The van der Waals surface area contributed by atoms with Crippen molar-refractivity contribution in [3.05, 3.63) is 35.9 Å². The molecule has 0 aromatic heterocycles. The Morgan fingerprint density at radius 2 is 1.96 bits per heavy atom. The van der Waals surface area contributed by atoms with E-state index in [0.29, 0.717) is 5.56 Å². The summed E-state index contributed by atoms with van der Waals surface area (Å²) in [6.45, 7) is -0.216. The topological polar surface area (TPSA) is 125 Å². The smallest absolute Gasteiger partial charge is 0.338 e. The quantitative estimate of drug-likeness (QED) is 0.609. The van der Waals surface area contributed by atoms with Crippen molar-refractivity contribution in [3.8, 4) is 0 Å². The first-order valence-electron chi connectivity index (χ1n) is 7.81. The van der Waals surface area contributed by atoms with Gasteiger partial charge in [0, 0.05) is 13.0 Å². The Balaban J connectivity index is 1.59. The number of ether oxygens (including phenoxy) is 2. The van der Waals surface area contributed by atoms with E-state index in [4.69, 9.17) is 9.47 Å². The molecule has 2 unspecified atom stereocenters. The molecule has 134 valence electrons. The lowest BCUT2D eigenvalue weighted by molar-refractivity contribution is -0.125. The third kappa shape index (κ3) is 3.63. The maximum atomic E-state index is 11.9. The second kappa shape index (κ2) is 7.18. The van der Waals surface area contributed by atoms with Crippen molar-refractivity contribution in [2.75, 3.05) is 13.2 Å². The summed E-state index contributed by atoms with van der Waals surface area (Å²) in [7, 11) is 0. The fraction of sp³-hybridized carbons (Fsp3) is 0.438. The molecule has 9 nitrogen and oxygen atoms in total. The first kappa shape index (κ1) is 17.3. The maximum Gasteiger partial charge on any atom is 0.338 e. The van der Waals surface area contributed by atoms with E-state index in [0.717, 1.165) is 4.90 Å². The number of carbonyl (C=O) groups excluding carboxylic acids is 3. The van der Waals surface area contributed by atoms with Crippen LogP contribution in [0.1, 0.15) is 16.8 Å². The molecule has 2 fully saturated rings. The van der Waals surface area contributed by atoms with Gasteiger partial charge in [-0.25, -0.2) is 9.59 Å². The van der Waals surface area contributed by atoms with Crippen LogP contribution in [0.25, 0.3) is 0 Å². The highest BCUT2D eigenvalue weighted by atomic mass is 16.6. The molecule has 2 aliphatic rings. The molecular weight excluding hydrogens is 332 g/mol. The van der Waals surface area contributed by atoms with Crippen molar-refractivity contribution in [2.24, 2.45) is 0 Å². The molecule has 25 heavy (non-hydrogen) atoms. The van der Waals surface area contributed by atoms with E-state index in [1.807, 2.05) is 0 Å². The third-order valence-electron chi connectivity index (χ3n) is 4.12. The van der Waals surface area contributed by atoms with E-state index in [2.05, 4.69) is 5.32 Å². The molecule has 0 aliphatic carbocycles. The van der Waals surface area contributed by atoms with Gasteiger partial charge < -0.3 is 19.7 Å². The molecule has 2 heterocycles. The van der Waals surface area contributed by atoms with Gasteiger partial charge in [0.25, 0.3) is 0 Å². The Hall–Kier alpha value is -2.49. The van der Waals surface area contributed by atoms with Crippen molar-refractivity contribution in [1.29, 1.82) is 0 Å². The van der Waals surface area contributed by atoms with Crippen LogP contribution in [0.15, 0.2) is 30.3 Å². The third-order valence-corrected chi connectivity index (χ3v) is 4.12. The minimum absolute atomic E-state index is 0.0651. The number of carbonyl (C=O) groups is 3. The van der Waals surface area contributed by atoms with E-state index in [1.165, 1.54) is 0 Å². The van der Waals surface area contributed by atoms with Gasteiger partial charge in [0.05, 0.1) is 5.56 Å². The van der Waals surface area contributed by atoms with Gasteiger partial charge in [0.1, 0.15) is 24.9 Å². The predicted octanol–water partition coefficient (Wildman–Crippen LogP) is -0.768. The molecule has 0 saturated carbocycles. The molecule has 9 heteroatoms. The highest BCUT2D eigenvalue weighted by molar-refractivity contribution is 5.96. The van der Waals surface area contributed by atoms with Crippen LogP contribution in [-0.2, 0) is 14.3 Å². The average Bonchev–Trinajstić information content (AvgIpc) is 2.89. The molecule has 1 aromatic carbocycles. The summed E-state index contributed by atoms with van der Waals surface area (Å²) in [5.41, 5.74) is 0.348. The van der Waals surface area contributed by atoms with Gasteiger partial charge in [-0.05, 0) is 12.1 Å². The van der Waals surface area contributed by atoms with Gasteiger partial charge in [0.2, 0.25) is 5.91 Å². The van der Waals surface area contributed by atoms with Crippen molar-refractivity contribution < 1.29 is 34.1 Å². The zero-order chi connectivity index (χ0) is 18.0. The molecule has 1 aromatic rings. The molecular formula is C16H18N2O7. The minimum atomic E-state index is -1.38. The van der Waals surface area contributed by atoms with Crippen LogP contribution >= 0.6 is 0 Å². The van der Waals surface area contributed by atoms with Crippen molar-refractivity contribution in [3.63, 3.8) is 0 Å². The van der Waals surface area contributed by atoms with Crippen LogP contribution < -0.4 is 5.32 Å². The summed E-state index contributed by atoms with van der Waals surface area (Å²) in [6.07, 6.45) is -4.75. The molecule has 2 saturated heterocycles. The molecule has 0 spiro atoms. The molecule has 3 N–H and O–H groups in total. The lowest BCUT2D eigenvalue weighted by Crippen LogP contribution is -2.56. The fourth-order valence-electron chi connectivity index (χ4n) is 2.76. The Bertz CT molecular complexity index is 666. The highest BCUT2D eigenvalue weighted by Crippen LogP contribution is 2.26. The largest absolute Gasteiger partial charge is 0.459 e. The van der Waals surface area contributed by atoms with E-state index in [1.54, 1.807) is 30.3 Å². The van der Waals surface area contributed by atoms with E-state index >= 15 is 0 Å². The zero-order valence-electron chi connectivity index (χ0n) is 13.2. The Labute approximate surface area is 143 Å². The number of amides is 3. The van der Waals surface area contributed by atoms with E-state index in [9.17, 15) is 24.6 Å². The SMILES string of the molecule is O=C1CCN([C@H]2O[C@@H](COC(=O)c3ccccc3)C(O)C2O)C(=O)N1. The number of aliphatic hydroxyl groups excluding tert-OH is 2. The van der Waals surface area contributed by atoms with Gasteiger partial charge in [-0.3, -0.25) is 15.0 Å². The Morgan fingerprint density at radius 1 is 1.24 bits per heavy atom. The molecule has 0 radical (unpaired) electrons. The first-order chi connectivity index (χ1) is 12.0.